The van der Waals surface area contributed by atoms with Gasteiger partial charge in [-0.15, -0.1) is 0 Å². The molecule has 0 saturated heterocycles. The minimum atomic E-state index is -0.596. The largest absolute Gasteiger partial charge is 0.346 e. The van der Waals surface area contributed by atoms with Crippen LogP contribution in [0.3, 0.4) is 0 Å². The van der Waals surface area contributed by atoms with E-state index in [1.54, 1.807) is 33.9 Å². The fourth-order valence-corrected chi connectivity index (χ4v) is 6.20. The van der Waals surface area contributed by atoms with E-state index in [1.807, 2.05) is 49.7 Å². The van der Waals surface area contributed by atoms with Crippen molar-refractivity contribution in [2.45, 2.75) is 53.0 Å². The predicted molar refractivity (Wildman–Crippen MR) is 170 cm³/mol. The zero-order chi connectivity index (χ0) is 31.3. The normalized spacial score (nSPS) is 14.6. The summed E-state index contributed by atoms with van der Waals surface area (Å²) in [5.74, 6) is -1.36. The molecule has 1 N–H and O–H groups in total. The number of benzene rings is 3. The fraction of sp³-hybridized carbons (Fsp3) is 0.250. The van der Waals surface area contributed by atoms with Crippen molar-refractivity contribution in [2.24, 2.45) is 0 Å². The van der Waals surface area contributed by atoms with E-state index >= 15 is 0 Å². The van der Waals surface area contributed by atoms with Gasteiger partial charge in [-0.25, -0.2) is 9.18 Å². The van der Waals surface area contributed by atoms with Crippen LogP contribution in [0.2, 0.25) is 5.02 Å². The average molecular weight is 680 g/mol. The van der Waals surface area contributed by atoms with Crippen LogP contribution in [-0.2, 0) is 26.2 Å². The number of rotatable bonds is 6. The maximum atomic E-state index is 14.6. The van der Waals surface area contributed by atoms with E-state index in [-0.39, 0.29) is 47.9 Å². The van der Waals surface area contributed by atoms with Crippen molar-refractivity contribution in [3.8, 4) is 5.69 Å². The molecule has 6 rings (SSSR count). The molecule has 2 amide bonds. The van der Waals surface area contributed by atoms with Crippen molar-refractivity contribution in [3.05, 3.63) is 115 Å². The smallest absolute Gasteiger partial charge is 0.333 e. The van der Waals surface area contributed by atoms with E-state index in [9.17, 15) is 18.8 Å². The Labute approximate surface area is 266 Å². The highest BCUT2D eigenvalue weighted by Gasteiger charge is 2.35. The lowest BCUT2D eigenvalue weighted by Gasteiger charge is -2.34. The molecule has 9 nitrogen and oxygen atoms in total. The number of hydrogen-bond acceptors (Lipinski definition) is 4. The van der Waals surface area contributed by atoms with Crippen LogP contribution >= 0.6 is 27.5 Å². The molecule has 12 heteroatoms. The Hall–Kier alpha value is -4.22. The Bertz CT molecular complexity index is 1990. The molecule has 1 aliphatic rings. The van der Waals surface area contributed by atoms with Gasteiger partial charge in [-0.1, -0.05) is 33.6 Å². The molecule has 44 heavy (non-hydrogen) atoms. The number of amides is 2. The molecule has 0 bridgehead atoms. The lowest BCUT2D eigenvalue weighted by atomic mass is 10.1. The van der Waals surface area contributed by atoms with Gasteiger partial charge in [0.1, 0.15) is 11.5 Å². The molecule has 0 spiro atoms. The third kappa shape index (κ3) is 5.13. The first-order chi connectivity index (χ1) is 21.1. The summed E-state index contributed by atoms with van der Waals surface area (Å²) in [6.07, 6.45) is 1.71. The first-order valence-corrected chi connectivity index (χ1v) is 15.3. The number of aromatic nitrogens is 4. The molecule has 226 valence electrons. The first kappa shape index (κ1) is 29.8. The van der Waals surface area contributed by atoms with Crippen LogP contribution in [0.1, 0.15) is 51.5 Å². The SMILES string of the molecule is CCn1ncc2cc(-n3c(C(=O)NCc4c(F)cccc4Cl)c4n(c3=O)C[C@H](C)N(C(=O)c3ccc(Br)c(C)c3)C4)ccc21. The monoisotopic (exact) mass is 678 g/mol. The molecule has 0 unspecified atom stereocenters. The number of fused-ring (bicyclic) bond motifs is 2. The molecule has 0 aliphatic carbocycles. The second-order valence-corrected chi connectivity index (χ2v) is 12.1. The number of nitrogens with one attached hydrogen (secondary N) is 1. The van der Waals surface area contributed by atoms with E-state index in [0.29, 0.717) is 23.5 Å². The van der Waals surface area contributed by atoms with Crippen LogP contribution in [0, 0.1) is 12.7 Å². The maximum Gasteiger partial charge on any atom is 0.333 e. The van der Waals surface area contributed by atoms with Gasteiger partial charge in [0.15, 0.2) is 0 Å². The van der Waals surface area contributed by atoms with Gasteiger partial charge in [-0.2, -0.15) is 5.10 Å². The molecule has 0 fully saturated rings. The van der Waals surface area contributed by atoms with Crippen LogP contribution in [0.4, 0.5) is 4.39 Å². The lowest BCUT2D eigenvalue weighted by molar-refractivity contribution is 0.0610. The third-order valence-electron chi connectivity index (χ3n) is 8.10. The molecule has 0 saturated carbocycles. The van der Waals surface area contributed by atoms with Gasteiger partial charge < -0.3 is 10.2 Å². The van der Waals surface area contributed by atoms with Gasteiger partial charge in [0, 0.05) is 51.7 Å². The molecule has 3 aromatic carbocycles. The van der Waals surface area contributed by atoms with Crippen LogP contribution in [0.5, 0.6) is 0 Å². The Morgan fingerprint density at radius 1 is 1.16 bits per heavy atom. The van der Waals surface area contributed by atoms with Gasteiger partial charge in [0.25, 0.3) is 11.8 Å². The zero-order valence-corrected chi connectivity index (χ0v) is 26.6. The van der Waals surface area contributed by atoms with Gasteiger partial charge in [-0.3, -0.25) is 23.4 Å². The summed E-state index contributed by atoms with van der Waals surface area (Å²) in [5, 5.41) is 8.14. The van der Waals surface area contributed by atoms with Gasteiger partial charge in [0.2, 0.25) is 0 Å². The van der Waals surface area contributed by atoms with Crippen molar-refractivity contribution in [1.29, 1.82) is 0 Å². The van der Waals surface area contributed by atoms with E-state index in [0.717, 1.165) is 20.9 Å². The molecule has 1 aliphatic heterocycles. The predicted octanol–water partition coefficient (Wildman–Crippen LogP) is 5.85. The molecule has 0 radical (unpaired) electrons. The summed E-state index contributed by atoms with van der Waals surface area (Å²) in [6.45, 7) is 6.47. The number of carbonyl (C=O) groups excluding carboxylic acids is 2. The van der Waals surface area contributed by atoms with Gasteiger partial charge in [0.05, 0.1) is 29.6 Å². The quantitative estimate of drug-likeness (QED) is 0.244. The number of hydrogen-bond donors (Lipinski definition) is 1. The number of halogens is 3. The number of aryl methyl sites for hydroxylation is 2. The average Bonchev–Trinajstić information content (AvgIpc) is 3.54. The highest BCUT2D eigenvalue weighted by Crippen LogP contribution is 2.27. The van der Waals surface area contributed by atoms with Crippen molar-refractivity contribution < 1.29 is 14.0 Å². The third-order valence-corrected chi connectivity index (χ3v) is 9.34. The lowest BCUT2D eigenvalue weighted by Crippen LogP contribution is -2.47. The number of carbonyl (C=O) groups is 2. The van der Waals surface area contributed by atoms with E-state index in [2.05, 4.69) is 26.3 Å². The summed E-state index contributed by atoms with van der Waals surface area (Å²) in [4.78, 5) is 43.4. The maximum absolute atomic E-state index is 14.6. The van der Waals surface area contributed by atoms with Crippen molar-refractivity contribution in [3.63, 3.8) is 0 Å². The zero-order valence-electron chi connectivity index (χ0n) is 24.3. The van der Waals surface area contributed by atoms with Gasteiger partial charge in [-0.05, 0) is 74.9 Å². The number of nitrogens with zero attached hydrogens (tertiary/aromatic N) is 5. The summed E-state index contributed by atoms with van der Waals surface area (Å²) in [6, 6.07) is 14.8. The highest BCUT2D eigenvalue weighted by atomic mass is 79.9. The van der Waals surface area contributed by atoms with Crippen LogP contribution in [0.15, 0.2) is 70.1 Å². The second kappa shape index (κ2) is 11.7. The fourth-order valence-electron chi connectivity index (χ4n) is 5.72. The molecule has 2 aromatic heterocycles. The summed E-state index contributed by atoms with van der Waals surface area (Å²) < 4.78 is 20.2. The summed E-state index contributed by atoms with van der Waals surface area (Å²) >= 11 is 9.70. The van der Waals surface area contributed by atoms with E-state index in [4.69, 9.17) is 11.6 Å². The Morgan fingerprint density at radius 3 is 2.68 bits per heavy atom. The minimum Gasteiger partial charge on any atom is -0.346 e. The van der Waals surface area contributed by atoms with E-state index in [1.165, 1.54) is 16.7 Å². The number of imidazole rings is 1. The van der Waals surface area contributed by atoms with Gasteiger partial charge >= 0.3 is 5.69 Å². The second-order valence-electron chi connectivity index (χ2n) is 10.9. The van der Waals surface area contributed by atoms with Crippen LogP contribution in [-0.4, -0.2) is 41.7 Å². The van der Waals surface area contributed by atoms with Crippen molar-refractivity contribution >= 4 is 50.2 Å². The molecular formula is C32H29BrClFN6O3. The molecule has 1 atom stereocenters. The molecule has 3 heterocycles. The Kier molecular flexibility index (Phi) is 7.93. The van der Waals surface area contributed by atoms with Crippen LogP contribution in [0.25, 0.3) is 16.6 Å². The first-order valence-electron chi connectivity index (χ1n) is 14.2. The summed E-state index contributed by atoms with van der Waals surface area (Å²) in [5.41, 5.74) is 2.97. The standard InChI is InChI=1S/C32H29BrClFN6O3/c1-4-40-27-11-9-22(13-21(27)14-37-40)41-29(30(42)36-15-23-25(34)6-5-7-26(23)35)28-17-38(19(3)16-39(28)32(41)44)31(43)20-8-10-24(33)18(2)12-20/h5-14,19H,4,15-17H2,1-3H3,(H,36,42)/t19-/m0/s1. The minimum absolute atomic E-state index is 0.0244. The Balaban J connectivity index is 1.45. The highest BCUT2D eigenvalue weighted by molar-refractivity contribution is 9.10. The molecule has 5 aromatic rings. The topological polar surface area (TPSA) is 94.2 Å². The summed E-state index contributed by atoms with van der Waals surface area (Å²) in [7, 11) is 0. The molecular weight excluding hydrogens is 651 g/mol. The Morgan fingerprint density at radius 2 is 1.95 bits per heavy atom. The van der Waals surface area contributed by atoms with Crippen LogP contribution < -0.4 is 11.0 Å². The van der Waals surface area contributed by atoms with E-state index < -0.39 is 17.4 Å². The van der Waals surface area contributed by atoms with Crippen molar-refractivity contribution in [1.82, 2.24) is 29.1 Å². The van der Waals surface area contributed by atoms with Crippen molar-refractivity contribution in [2.75, 3.05) is 0 Å².